The van der Waals surface area contributed by atoms with E-state index >= 15 is 0 Å². The van der Waals surface area contributed by atoms with E-state index in [9.17, 15) is 9.59 Å². The molecule has 2 rings (SSSR count). The number of piperidine rings is 1. The molecule has 1 aliphatic rings. The number of Topliss-reactive ketones (excluding diaryl/α,β-unsaturated/α-hetero) is 1. The van der Waals surface area contributed by atoms with Crippen molar-refractivity contribution in [3.8, 4) is 0 Å². The number of aryl methyl sites for hydroxylation is 2. The fourth-order valence-corrected chi connectivity index (χ4v) is 4.24. The number of carbonyl (C=O) groups excluding carboxylic acids is 2. The summed E-state index contributed by atoms with van der Waals surface area (Å²) in [6.07, 6.45) is 2.45. The van der Waals surface area contributed by atoms with Gasteiger partial charge in [0.2, 0.25) is 5.91 Å². The fraction of sp³-hybridized carbons (Fsp3) is 0.636. The molecule has 1 amide bonds. The van der Waals surface area contributed by atoms with Gasteiger partial charge < -0.3 is 9.80 Å². The van der Waals surface area contributed by atoms with Crippen LogP contribution in [0.15, 0.2) is 18.2 Å². The third kappa shape index (κ3) is 5.16. The highest BCUT2D eigenvalue weighted by molar-refractivity contribution is 5.83. The number of nitrogens with one attached hydrogen (secondary N) is 1. The van der Waals surface area contributed by atoms with E-state index in [0.29, 0.717) is 13.0 Å². The molecule has 0 aromatic heterocycles. The minimum absolute atomic E-state index is 0.0269. The molecule has 2 atom stereocenters. The second kappa shape index (κ2) is 8.81. The fourth-order valence-electron chi connectivity index (χ4n) is 4.24. The van der Waals surface area contributed by atoms with E-state index in [4.69, 9.17) is 0 Å². The van der Waals surface area contributed by atoms with Gasteiger partial charge >= 0.3 is 0 Å². The number of hydrogen-bond donors (Lipinski definition) is 1. The first kappa shape index (κ1) is 20.6. The lowest BCUT2D eigenvalue weighted by Gasteiger charge is -2.43. The summed E-state index contributed by atoms with van der Waals surface area (Å²) < 4.78 is 0.750. The summed E-state index contributed by atoms with van der Waals surface area (Å²) in [7, 11) is 0. The van der Waals surface area contributed by atoms with E-state index in [-0.39, 0.29) is 23.7 Å². The Balaban J connectivity index is 2.06. The minimum Gasteiger partial charge on any atom is -0.353 e. The van der Waals surface area contributed by atoms with Crippen LogP contribution in [0.25, 0.3) is 0 Å². The second-order valence-electron chi connectivity index (χ2n) is 8.31. The van der Waals surface area contributed by atoms with Crippen molar-refractivity contribution in [1.29, 1.82) is 0 Å². The highest BCUT2D eigenvalue weighted by Crippen LogP contribution is 2.25. The molecule has 2 unspecified atom stereocenters. The quantitative estimate of drug-likeness (QED) is 0.760. The van der Waals surface area contributed by atoms with Crippen molar-refractivity contribution in [1.82, 2.24) is 5.32 Å². The zero-order chi connectivity index (χ0) is 19.3. The van der Waals surface area contributed by atoms with Gasteiger partial charge in [0.05, 0.1) is 25.6 Å². The predicted molar refractivity (Wildman–Crippen MR) is 106 cm³/mol. The predicted octanol–water partition coefficient (Wildman–Crippen LogP) is 3.19. The number of hydrogen-bond acceptors (Lipinski definition) is 2. The Labute approximate surface area is 158 Å². The number of amides is 1. The van der Waals surface area contributed by atoms with Crippen molar-refractivity contribution in [2.24, 2.45) is 5.92 Å². The van der Waals surface area contributed by atoms with Gasteiger partial charge in [0.1, 0.15) is 6.54 Å². The average Bonchev–Trinajstić information content (AvgIpc) is 2.58. The van der Waals surface area contributed by atoms with Crippen LogP contribution in [0.1, 0.15) is 50.3 Å². The molecule has 1 aliphatic heterocycles. The van der Waals surface area contributed by atoms with Gasteiger partial charge in [-0.2, -0.15) is 0 Å². The van der Waals surface area contributed by atoms with Gasteiger partial charge in [-0.05, 0) is 64.2 Å². The topological polar surface area (TPSA) is 46.2 Å². The molecular weight excluding hydrogens is 324 g/mol. The number of benzene rings is 1. The summed E-state index contributed by atoms with van der Waals surface area (Å²) in [4.78, 5) is 25.4. The van der Waals surface area contributed by atoms with Gasteiger partial charge in [-0.25, -0.2) is 0 Å². The van der Waals surface area contributed by atoms with Crippen molar-refractivity contribution in [3.63, 3.8) is 0 Å². The standard InChI is InChI=1S/C22H34N2O2/c1-6-24(12-8-11-19(14-24)22(26)23-16(2)3)15-20(25)13-21-17(4)9-7-10-18(21)5/h7,9-10,16,19H,6,8,11-15H2,1-5H3/p+1. The van der Waals surface area contributed by atoms with Crippen LogP contribution in [-0.2, 0) is 16.0 Å². The molecule has 1 saturated heterocycles. The van der Waals surface area contributed by atoms with Crippen molar-refractivity contribution >= 4 is 11.7 Å². The molecule has 0 bridgehead atoms. The van der Waals surface area contributed by atoms with E-state index in [1.807, 2.05) is 19.9 Å². The van der Waals surface area contributed by atoms with Crippen LogP contribution in [-0.4, -0.2) is 48.4 Å². The summed E-state index contributed by atoms with van der Waals surface area (Å²) in [6.45, 7) is 13.5. The molecule has 0 spiro atoms. The molecule has 1 aromatic carbocycles. The Morgan fingerprint density at radius 1 is 1.23 bits per heavy atom. The summed E-state index contributed by atoms with van der Waals surface area (Å²) in [5.74, 6) is 0.464. The van der Waals surface area contributed by atoms with Crippen LogP contribution < -0.4 is 5.32 Å². The zero-order valence-corrected chi connectivity index (χ0v) is 17.1. The monoisotopic (exact) mass is 359 g/mol. The van der Waals surface area contributed by atoms with Crippen LogP contribution in [0.5, 0.6) is 0 Å². The average molecular weight is 360 g/mol. The van der Waals surface area contributed by atoms with Gasteiger partial charge in [0.25, 0.3) is 0 Å². The van der Waals surface area contributed by atoms with Crippen molar-refractivity contribution in [3.05, 3.63) is 34.9 Å². The van der Waals surface area contributed by atoms with E-state index in [2.05, 4.69) is 38.2 Å². The van der Waals surface area contributed by atoms with Gasteiger partial charge in [-0.1, -0.05) is 18.2 Å². The van der Waals surface area contributed by atoms with Gasteiger partial charge in [0.15, 0.2) is 5.78 Å². The first-order chi connectivity index (χ1) is 12.3. The number of ketones is 1. The molecule has 1 fully saturated rings. The van der Waals surface area contributed by atoms with Gasteiger partial charge in [0, 0.05) is 12.5 Å². The molecule has 0 saturated carbocycles. The molecule has 26 heavy (non-hydrogen) atoms. The summed E-state index contributed by atoms with van der Waals surface area (Å²) in [5.41, 5.74) is 3.54. The Kier molecular flexibility index (Phi) is 6.99. The molecule has 1 aromatic rings. The maximum absolute atomic E-state index is 12.9. The lowest BCUT2D eigenvalue weighted by molar-refractivity contribution is -0.925. The number of likely N-dealkylation sites (N-methyl/N-ethyl adjacent to an activating group) is 1. The molecule has 4 heteroatoms. The van der Waals surface area contributed by atoms with E-state index in [1.165, 1.54) is 11.1 Å². The van der Waals surface area contributed by atoms with E-state index in [0.717, 1.165) is 42.5 Å². The number of quaternary nitrogens is 1. The smallest absolute Gasteiger partial charge is 0.229 e. The van der Waals surface area contributed by atoms with E-state index < -0.39 is 0 Å². The lowest BCUT2D eigenvalue weighted by atomic mass is 9.93. The highest BCUT2D eigenvalue weighted by atomic mass is 16.2. The number of likely N-dealkylation sites (tertiary alicyclic amines) is 1. The Hall–Kier alpha value is -1.68. The van der Waals surface area contributed by atoms with Crippen molar-refractivity contribution in [2.45, 2.75) is 59.9 Å². The molecule has 4 nitrogen and oxygen atoms in total. The summed E-state index contributed by atoms with van der Waals surface area (Å²) in [6, 6.07) is 6.36. The molecule has 0 radical (unpaired) electrons. The minimum atomic E-state index is 0.0269. The first-order valence-corrected chi connectivity index (χ1v) is 9.98. The van der Waals surface area contributed by atoms with Crippen molar-refractivity contribution in [2.75, 3.05) is 26.2 Å². The maximum Gasteiger partial charge on any atom is 0.229 e. The number of nitrogens with zero attached hydrogens (tertiary/aromatic N) is 1. The number of carbonyl (C=O) groups is 2. The SMILES string of the molecule is CC[N+]1(CC(=O)Cc2c(C)cccc2C)CCCC(C(=O)NC(C)C)C1. The normalized spacial score (nSPS) is 23.1. The van der Waals surface area contributed by atoms with Crippen LogP contribution in [0.3, 0.4) is 0 Å². The molecular formula is C22H35N2O2+. The first-order valence-electron chi connectivity index (χ1n) is 9.98. The Morgan fingerprint density at radius 3 is 2.46 bits per heavy atom. The molecule has 0 aliphatic carbocycles. The van der Waals surface area contributed by atoms with Gasteiger partial charge in [-0.15, -0.1) is 0 Å². The summed E-state index contributed by atoms with van der Waals surface area (Å²) >= 11 is 0. The van der Waals surface area contributed by atoms with Crippen LogP contribution in [0.4, 0.5) is 0 Å². The zero-order valence-electron chi connectivity index (χ0n) is 17.1. The van der Waals surface area contributed by atoms with Gasteiger partial charge in [-0.3, -0.25) is 9.59 Å². The third-order valence-electron chi connectivity index (χ3n) is 5.80. The van der Waals surface area contributed by atoms with Crippen LogP contribution in [0, 0.1) is 19.8 Å². The molecule has 1 heterocycles. The van der Waals surface area contributed by atoms with Crippen molar-refractivity contribution < 1.29 is 14.1 Å². The molecule has 1 N–H and O–H groups in total. The lowest BCUT2D eigenvalue weighted by Crippen LogP contribution is -2.59. The largest absolute Gasteiger partial charge is 0.353 e. The Bertz CT molecular complexity index is 633. The highest BCUT2D eigenvalue weighted by Gasteiger charge is 2.38. The molecule has 144 valence electrons. The Morgan fingerprint density at radius 2 is 1.88 bits per heavy atom. The second-order valence-corrected chi connectivity index (χ2v) is 8.31. The van der Waals surface area contributed by atoms with Crippen LogP contribution >= 0.6 is 0 Å². The maximum atomic E-state index is 12.9. The van der Waals surface area contributed by atoms with Crippen LogP contribution in [0.2, 0.25) is 0 Å². The third-order valence-corrected chi connectivity index (χ3v) is 5.80. The number of rotatable bonds is 7. The summed E-state index contributed by atoms with van der Waals surface area (Å²) in [5, 5.41) is 3.05. The van der Waals surface area contributed by atoms with E-state index in [1.54, 1.807) is 0 Å².